The third-order valence-electron chi connectivity index (χ3n) is 4.73. The minimum Gasteiger partial charge on any atom is -0.359 e. The van der Waals surface area contributed by atoms with Gasteiger partial charge in [-0.05, 0) is 42.7 Å². The second-order valence-corrected chi connectivity index (χ2v) is 6.88. The van der Waals surface area contributed by atoms with Gasteiger partial charge in [-0.15, -0.1) is 0 Å². The van der Waals surface area contributed by atoms with Crippen molar-refractivity contribution in [3.05, 3.63) is 94.3 Å². The summed E-state index contributed by atoms with van der Waals surface area (Å²) in [6, 6.07) is 15.9. The minimum atomic E-state index is 0.00463. The molecule has 1 amide bonds. The number of amides is 1. The average Bonchev–Trinajstić information content (AvgIpc) is 2.91. The number of pyridine rings is 1. The quantitative estimate of drug-likeness (QED) is 0.615. The molecule has 4 heteroatoms. The maximum Gasteiger partial charge on any atom is 0.216 e. The van der Waals surface area contributed by atoms with Crippen LogP contribution < -0.4 is 10.7 Å². The summed E-state index contributed by atoms with van der Waals surface area (Å²) in [5.41, 5.74) is 5.45. The van der Waals surface area contributed by atoms with Gasteiger partial charge in [0.25, 0.3) is 0 Å². The third-order valence-corrected chi connectivity index (χ3v) is 4.73. The normalized spacial score (nSPS) is 10.7. The number of carbonyl (C=O) groups is 1. The van der Waals surface area contributed by atoms with Gasteiger partial charge in [-0.25, -0.2) is 0 Å². The molecule has 154 valence electrons. The van der Waals surface area contributed by atoms with Crippen molar-refractivity contribution in [1.29, 1.82) is 0 Å². The molecule has 0 fully saturated rings. The number of aromatic nitrogens is 1. The topological polar surface area (TPSA) is 59.1 Å². The molecular weight excluding hydrogens is 372 g/mol. The minimum absolute atomic E-state index is 0.00463. The van der Waals surface area contributed by atoms with Gasteiger partial charge in [0, 0.05) is 36.7 Å². The Hall–Kier alpha value is -3.53. The lowest BCUT2D eigenvalue weighted by Gasteiger charge is -2.02. The molecule has 0 aliphatic carbocycles. The number of rotatable bonds is 4. The Morgan fingerprint density at radius 1 is 1.10 bits per heavy atom. The highest BCUT2D eigenvalue weighted by Gasteiger charge is 2.09. The number of allylic oxidation sites excluding steroid dienone is 2. The van der Waals surface area contributed by atoms with Crippen molar-refractivity contribution >= 4 is 22.9 Å². The highest BCUT2D eigenvalue weighted by Crippen LogP contribution is 2.22. The summed E-state index contributed by atoms with van der Waals surface area (Å²) < 4.78 is 0. The van der Waals surface area contributed by atoms with Crippen molar-refractivity contribution in [2.24, 2.45) is 0 Å². The lowest BCUT2D eigenvalue weighted by Crippen LogP contribution is -2.11. The summed E-state index contributed by atoms with van der Waals surface area (Å²) in [5, 5.41) is 3.03. The number of hydrogen-bond acceptors (Lipinski definition) is 3. The van der Waals surface area contributed by atoms with Crippen LogP contribution in [0.25, 0.3) is 28.1 Å². The molecule has 1 aromatic heterocycles. The molecule has 2 aromatic carbocycles. The van der Waals surface area contributed by atoms with E-state index in [0.29, 0.717) is 5.39 Å². The summed E-state index contributed by atoms with van der Waals surface area (Å²) in [6.45, 7) is 9.27. The number of fused-ring (bicyclic) bond motifs is 1. The lowest BCUT2D eigenvalue weighted by molar-refractivity contribution is -0.118. The van der Waals surface area contributed by atoms with Gasteiger partial charge < -0.3 is 5.32 Å². The predicted molar refractivity (Wildman–Crippen MR) is 126 cm³/mol. The first-order valence-corrected chi connectivity index (χ1v) is 9.91. The molecule has 0 bridgehead atoms. The van der Waals surface area contributed by atoms with Crippen molar-refractivity contribution < 1.29 is 4.79 Å². The summed E-state index contributed by atoms with van der Waals surface area (Å²) in [4.78, 5) is 27.5. The van der Waals surface area contributed by atoms with Crippen molar-refractivity contribution in [2.45, 2.75) is 27.2 Å². The number of carbonyl (C=O) groups excluding carboxylic acids is 1. The van der Waals surface area contributed by atoms with Crippen LogP contribution >= 0.6 is 0 Å². The Balaban J connectivity index is 0.000000575. The van der Waals surface area contributed by atoms with Gasteiger partial charge in [0.1, 0.15) is 0 Å². The number of hydrogen-bond donors (Lipinski definition) is 1. The Labute approximate surface area is 178 Å². The summed E-state index contributed by atoms with van der Waals surface area (Å²) >= 11 is 0. The van der Waals surface area contributed by atoms with Crippen LogP contribution in [0.2, 0.25) is 0 Å². The van der Waals surface area contributed by atoms with Crippen molar-refractivity contribution in [1.82, 2.24) is 10.3 Å². The van der Waals surface area contributed by atoms with Gasteiger partial charge in [-0.2, -0.15) is 0 Å². The van der Waals surface area contributed by atoms with E-state index < -0.39 is 0 Å². The Morgan fingerprint density at radius 2 is 1.77 bits per heavy atom. The van der Waals surface area contributed by atoms with Crippen molar-refractivity contribution in [3.63, 3.8) is 0 Å². The van der Waals surface area contributed by atoms with Crippen LogP contribution in [0.4, 0.5) is 0 Å². The molecule has 0 saturated heterocycles. The fraction of sp³-hybridized carbons (Fsp3) is 0.192. The molecule has 1 heterocycles. The van der Waals surface area contributed by atoms with Crippen LogP contribution in [0.15, 0.2) is 77.8 Å². The van der Waals surface area contributed by atoms with Gasteiger partial charge >= 0.3 is 0 Å². The first-order valence-electron chi connectivity index (χ1n) is 9.91. The van der Waals surface area contributed by atoms with Gasteiger partial charge in [0.05, 0.1) is 5.52 Å². The Bertz CT molecular complexity index is 1130. The molecule has 1 N–H and O–H groups in total. The summed E-state index contributed by atoms with van der Waals surface area (Å²) in [5.74, 6) is 0.00463. The Kier molecular flexibility index (Phi) is 8.24. The largest absolute Gasteiger partial charge is 0.359 e. The van der Waals surface area contributed by atoms with E-state index in [4.69, 9.17) is 0 Å². The summed E-state index contributed by atoms with van der Waals surface area (Å²) in [6.07, 6.45) is 6.30. The number of aryl methyl sites for hydroxylation is 1. The van der Waals surface area contributed by atoms with E-state index in [1.54, 1.807) is 13.1 Å². The molecule has 3 rings (SSSR count). The SMILES string of the molecule is C=C/C(C)=C\c1c(CC)ccc2ncc(-c3ccccc3)cc2c1=O.CNC(C)=O. The first-order chi connectivity index (χ1) is 14.4. The van der Waals surface area contributed by atoms with E-state index in [-0.39, 0.29) is 11.3 Å². The average molecular weight is 401 g/mol. The molecule has 0 unspecified atom stereocenters. The molecule has 0 saturated carbocycles. The van der Waals surface area contributed by atoms with E-state index >= 15 is 0 Å². The van der Waals surface area contributed by atoms with E-state index in [0.717, 1.165) is 39.8 Å². The first kappa shape index (κ1) is 22.8. The predicted octanol–water partition coefficient (Wildman–Crippen LogP) is 5.17. The molecule has 3 aromatic rings. The van der Waals surface area contributed by atoms with Crippen LogP contribution in [-0.4, -0.2) is 17.9 Å². The van der Waals surface area contributed by atoms with Crippen molar-refractivity contribution in [2.75, 3.05) is 7.05 Å². The maximum absolute atomic E-state index is 13.2. The molecular formula is C26H28N2O2. The number of nitrogens with zero attached hydrogens (tertiary/aromatic N) is 1. The van der Waals surface area contributed by atoms with E-state index in [1.807, 2.05) is 67.7 Å². The van der Waals surface area contributed by atoms with E-state index in [1.165, 1.54) is 6.92 Å². The Morgan fingerprint density at radius 3 is 2.33 bits per heavy atom. The number of benzene rings is 1. The maximum atomic E-state index is 13.2. The zero-order valence-electron chi connectivity index (χ0n) is 18.0. The highest BCUT2D eigenvalue weighted by atomic mass is 16.1. The molecule has 0 atom stereocenters. The summed E-state index contributed by atoms with van der Waals surface area (Å²) in [7, 11) is 1.60. The van der Waals surface area contributed by atoms with Crippen LogP contribution in [0.3, 0.4) is 0 Å². The van der Waals surface area contributed by atoms with Crippen LogP contribution in [-0.2, 0) is 11.2 Å². The van der Waals surface area contributed by atoms with E-state index in [2.05, 4.69) is 23.8 Å². The second-order valence-electron chi connectivity index (χ2n) is 6.88. The molecule has 0 aliphatic heterocycles. The molecule has 30 heavy (non-hydrogen) atoms. The van der Waals surface area contributed by atoms with Crippen molar-refractivity contribution in [3.8, 4) is 11.1 Å². The highest BCUT2D eigenvalue weighted by molar-refractivity contribution is 5.85. The monoisotopic (exact) mass is 400 g/mol. The fourth-order valence-corrected chi connectivity index (χ4v) is 2.89. The van der Waals surface area contributed by atoms with Crippen LogP contribution in [0.5, 0.6) is 0 Å². The van der Waals surface area contributed by atoms with Gasteiger partial charge in [-0.3, -0.25) is 14.6 Å². The molecule has 4 nitrogen and oxygen atoms in total. The fourth-order valence-electron chi connectivity index (χ4n) is 2.89. The van der Waals surface area contributed by atoms with Gasteiger partial charge in [0.2, 0.25) is 5.91 Å². The zero-order chi connectivity index (χ0) is 22.1. The van der Waals surface area contributed by atoms with Gasteiger partial charge in [0.15, 0.2) is 5.43 Å². The lowest BCUT2D eigenvalue weighted by atomic mass is 10.0. The van der Waals surface area contributed by atoms with Gasteiger partial charge in [-0.1, -0.05) is 61.5 Å². The molecule has 0 radical (unpaired) electrons. The second kappa shape index (κ2) is 10.9. The molecule has 0 aliphatic rings. The zero-order valence-corrected chi connectivity index (χ0v) is 18.0. The molecule has 0 spiro atoms. The third kappa shape index (κ3) is 5.74. The number of nitrogens with one attached hydrogen (secondary N) is 1. The smallest absolute Gasteiger partial charge is 0.216 e. The van der Waals surface area contributed by atoms with E-state index in [9.17, 15) is 9.59 Å². The van der Waals surface area contributed by atoms with Crippen LogP contribution in [0, 0.1) is 0 Å². The van der Waals surface area contributed by atoms with Crippen LogP contribution in [0.1, 0.15) is 31.9 Å². The standard InChI is InChI=1S/C23H21NO.C3H7NO/c1-4-16(3)13-20-17(5-2)11-12-22-21(23(20)25)14-19(15-24-22)18-9-7-6-8-10-18;1-3(5)4-2/h4,6-15H,1,5H2,2-3H3;1-2H3,(H,4,5)/b16-13-;.